The highest BCUT2D eigenvalue weighted by Crippen LogP contribution is 2.44. The van der Waals surface area contributed by atoms with Gasteiger partial charge in [0.15, 0.2) is 5.78 Å². The minimum absolute atomic E-state index is 0.0726. The summed E-state index contributed by atoms with van der Waals surface area (Å²) in [4.78, 5) is 46.3. The number of rotatable bonds is 11. The van der Waals surface area contributed by atoms with Crippen LogP contribution >= 0.6 is 0 Å². The summed E-state index contributed by atoms with van der Waals surface area (Å²) in [6.45, 7) is 13.9. The van der Waals surface area contributed by atoms with Gasteiger partial charge in [0.1, 0.15) is 6.61 Å². The fourth-order valence-corrected chi connectivity index (χ4v) is 12.4. The summed E-state index contributed by atoms with van der Waals surface area (Å²) in [6, 6.07) is 16.2. The molecule has 1 fully saturated rings. The molecule has 0 N–H and O–H groups in total. The fraction of sp³-hybridized carbons (Fsp3) is 0.515. The summed E-state index contributed by atoms with van der Waals surface area (Å²) in [5.41, 5.74) is 2.31. The van der Waals surface area contributed by atoms with Gasteiger partial charge in [0.05, 0.1) is 35.9 Å². The number of hydrogen-bond donors (Lipinski definition) is 0. The molecule has 0 saturated carbocycles. The van der Waals surface area contributed by atoms with E-state index in [0.29, 0.717) is 34.1 Å². The lowest BCUT2D eigenvalue weighted by Crippen LogP contribution is -2.58. The first-order chi connectivity index (χ1) is 20.0. The van der Waals surface area contributed by atoms with Crippen LogP contribution < -0.4 is 5.56 Å². The average molecular weight is 592 g/mol. The molecule has 9 heteroatoms. The summed E-state index contributed by atoms with van der Waals surface area (Å²) in [5, 5.41) is 0.472. The van der Waals surface area contributed by atoms with Crippen LogP contribution in [0.15, 0.2) is 65.7 Å². The van der Waals surface area contributed by atoms with E-state index in [2.05, 4.69) is 46.5 Å². The first-order valence-electron chi connectivity index (χ1n) is 15.2. The Morgan fingerprint density at radius 2 is 1.60 bits per heavy atom. The molecule has 2 heterocycles. The summed E-state index contributed by atoms with van der Waals surface area (Å²) < 4.78 is 14.3. The van der Waals surface area contributed by atoms with Crippen LogP contribution in [0.25, 0.3) is 10.9 Å². The van der Waals surface area contributed by atoms with Crippen molar-refractivity contribution in [2.75, 3.05) is 6.54 Å². The van der Waals surface area contributed by atoms with E-state index in [1.165, 1.54) is 10.9 Å². The second-order valence-corrected chi connectivity index (χ2v) is 17.8. The third-order valence-electron chi connectivity index (χ3n) is 8.73. The standard InChI is InChI=1S/C33H45N3O5Si/c1-23(2)42(24(3)4,25(5)6)41-31-17-12-18-36(33(39)40-21-26-13-8-7-9-14-26)30(31)19-27(37)20-35-22-34-29-16-11-10-15-28(29)32(35)38/h7-11,13-16,22-25,30-31H,12,17-21H2,1-6H3/t30-,31-/m0/s1. The van der Waals surface area contributed by atoms with Gasteiger partial charge >= 0.3 is 6.09 Å². The molecule has 3 aromatic rings. The predicted octanol–water partition coefficient (Wildman–Crippen LogP) is 6.72. The number of hydrogen-bond acceptors (Lipinski definition) is 6. The minimum atomic E-state index is -2.31. The highest BCUT2D eigenvalue weighted by molar-refractivity contribution is 6.77. The summed E-state index contributed by atoms with van der Waals surface area (Å²) in [7, 11) is -2.31. The Labute approximate surface area is 250 Å². The maximum Gasteiger partial charge on any atom is 0.410 e. The third kappa shape index (κ3) is 6.84. The number of nitrogens with zero attached hydrogens (tertiary/aromatic N) is 3. The zero-order valence-corrected chi connectivity index (χ0v) is 26.8. The van der Waals surface area contributed by atoms with Crippen molar-refractivity contribution in [2.24, 2.45) is 0 Å². The molecule has 0 aliphatic carbocycles. The Balaban J connectivity index is 1.61. The van der Waals surface area contributed by atoms with Gasteiger partial charge in [0, 0.05) is 13.0 Å². The molecule has 8 nitrogen and oxygen atoms in total. The van der Waals surface area contributed by atoms with E-state index in [1.807, 2.05) is 36.4 Å². The monoisotopic (exact) mass is 591 g/mol. The van der Waals surface area contributed by atoms with E-state index in [0.717, 1.165) is 18.4 Å². The van der Waals surface area contributed by atoms with Crippen LogP contribution in [0.4, 0.5) is 4.79 Å². The zero-order chi connectivity index (χ0) is 30.4. The number of ether oxygens (including phenoxy) is 1. The predicted molar refractivity (Wildman–Crippen MR) is 168 cm³/mol. The number of likely N-dealkylation sites (tertiary alicyclic amines) is 1. The van der Waals surface area contributed by atoms with Gasteiger partial charge in [-0.05, 0) is 47.2 Å². The average Bonchev–Trinajstić information content (AvgIpc) is 2.96. The molecule has 2 atom stereocenters. The Kier molecular flexibility index (Phi) is 10.4. The Hall–Kier alpha value is -3.30. The molecule has 1 aliphatic heterocycles. The van der Waals surface area contributed by atoms with Gasteiger partial charge in [0.25, 0.3) is 5.56 Å². The summed E-state index contributed by atoms with van der Waals surface area (Å²) in [6.07, 6.45) is 2.29. The molecular formula is C33H45N3O5Si. The topological polar surface area (TPSA) is 90.7 Å². The summed E-state index contributed by atoms with van der Waals surface area (Å²) in [5.74, 6) is -0.151. The van der Waals surface area contributed by atoms with Crippen LogP contribution in [0.5, 0.6) is 0 Å². The van der Waals surface area contributed by atoms with Crippen molar-refractivity contribution in [3.8, 4) is 0 Å². The number of carbonyl (C=O) groups excluding carboxylic acids is 2. The van der Waals surface area contributed by atoms with Crippen molar-refractivity contribution in [2.45, 2.75) is 103 Å². The van der Waals surface area contributed by atoms with E-state index in [-0.39, 0.29) is 37.0 Å². The number of para-hydroxylation sites is 1. The molecule has 1 amide bonds. The van der Waals surface area contributed by atoms with Gasteiger partial charge in [0.2, 0.25) is 8.32 Å². The van der Waals surface area contributed by atoms with E-state index < -0.39 is 20.5 Å². The van der Waals surface area contributed by atoms with E-state index >= 15 is 0 Å². The van der Waals surface area contributed by atoms with Crippen molar-refractivity contribution < 1.29 is 18.8 Å². The number of amides is 1. The Morgan fingerprint density at radius 3 is 2.26 bits per heavy atom. The zero-order valence-electron chi connectivity index (χ0n) is 25.8. The van der Waals surface area contributed by atoms with Crippen LogP contribution in [0, 0.1) is 0 Å². The largest absolute Gasteiger partial charge is 0.445 e. The van der Waals surface area contributed by atoms with E-state index in [4.69, 9.17) is 9.16 Å². The van der Waals surface area contributed by atoms with E-state index in [1.54, 1.807) is 23.1 Å². The van der Waals surface area contributed by atoms with Crippen molar-refractivity contribution in [1.82, 2.24) is 14.5 Å². The number of ketones is 1. The quantitative estimate of drug-likeness (QED) is 0.230. The second-order valence-electron chi connectivity index (χ2n) is 12.4. The highest BCUT2D eigenvalue weighted by atomic mass is 28.4. The van der Waals surface area contributed by atoms with Crippen molar-refractivity contribution in [1.29, 1.82) is 0 Å². The van der Waals surface area contributed by atoms with Crippen LogP contribution in [0.1, 0.15) is 66.4 Å². The second kappa shape index (κ2) is 13.8. The number of carbonyl (C=O) groups is 2. The number of aromatic nitrogens is 2. The molecule has 0 bridgehead atoms. The van der Waals surface area contributed by atoms with E-state index in [9.17, 15) is 14.4 Å². The lowest BCUT2D eigenvalue weighted by atomic mass is 9.95. The number of benzene rings is 2. The molecule has 4 rings (SSSR count). The van der Waals surface area contributed by atoms with Gasteiger partial charge < -0.3 is 14.1 Å². The minimum Gasteiger partial charge on any atom is -0.445 e. The molecule has 2 aromatic carbocycles. The van der Waals surface area contributed by atoms with Crippen LogP contribution in [0.2, 0.25) is 16.6 Å². The lowest BCUT2D eigenvalue weighted by Gasteiger charge is -2.49. The smallest absolute Gasteiger partial charge is 0.410 e. The molecule has 0 spiro atoms. The van der Waals surface area contributed by atoms with Crippen LogP contribution in [-0.4, -0.2) is 53.3 Å². The normalized spacial score (nSPS) is 17.8. The van der Waals surface area contributed by atoms with Crippen LogP contribution in [0.3, 0.4) is 0 Å². The van der Waals surface area contributed by atoms with Crippen molar-refractivity contribution in [3.63, 3.8) is 0 Å². The lowest BCUT2D eigenvalue weighted by molar-refractivity contribution is -0.122. The number of piperidine rings is 1. The molecule has 42 heavy (non-hydrogen) atoms. The molecule has 226 valence electrons. The first-order valence-corrected chi connectivity index (χ1v) is 17.3. The molecular weight excluding hydrogens is 546 g/mol. The molecule has 0 unspecified atom stereocenters. The molecule has 1 saturated heterocycles. The third-order valence-corrected chi connectivity index (χ3v) is 14.9. The van der Waals surface area contributed by atoms with Crippen molar-refractivity contribution >= 4 is 31.1 Å². The van der Waals surface area contributed by atoms with Gasteiger partial charge in [-0.1, -0.05) is 84.0 Å². The highest BCUT2D eigenvalue weighted by Gasteiger charge is 2.49. The first kappa shape index (κ1) is 31.6. The van der Waals surface area contributed by atoms with Crippen molar-refractivity contribution in [3.05, 3.63) is 76.8 Å². The van der Waals surface area contributed by atoms with Gasteiger partial charge in [-0.15, -0.1) is 0 Å². The maximum absolute atomic E-state index is 13.6. The fourth-order valence-electron chi connectivity index (χ4n) is 6.81. The SMILES string of the molecule is CC(C)[Si](O[C@H]1CCCN(C(=O)OCc2ccccc2)[C@H]1CC(=O)Cn1cnc2ccccc2c1=O)(C(C)C)C(C)C. The molecule has 1 aromatic heterocycles. The number of fused-ring (bicyclic) bond motifs is 1. The number of Topliss-reactive ketones (excluding diaryl/α,β-unsaturated/α-hetero) is 1. The molecule has 0 radical (unpaired) electrons. The van der Waals surface area contributed by atoms with Gasteiger partial charge in [-0.2, -0.15) is 0 Å². The summed E-state index contributed by atoms with van der Waals surface area (Å²) >= 11 is 0. The van der Waals surface area contributed by atoms with Gasteiger partial charge in [-0.3, -0.25) is 14.2 Å². The Morgan fingerprint density at radius 1 is 0.952 bits per heavy atom. The maximum atomic E-state index is 13.6. The Bertz CT molecular complexity index is 1400. The van der Waals surface area contributed by atoms with Gasteiger partial charge in [-0.25, -0.2) is 9.78 Å². The van der Waals surface area contributed by atoms with Crippen LogP contribution in [-0.2, 0) is 27.1 Å². The molecule has 1 aliphatic rings.